The molecule has 0 spiro atoms. The van der Waals surface area contributed by atoms with Gasteiger partial charge in [0.2, 0.25) is 0 Å². The lowest BCUT2D eigenvalue weighted by Gasteiger charge is -2.13. The number of rotatable bonds is 3. The van der Waals surface area contributed by atoms with Crippen molar-refractivity contribution < 1.29 is 38.4 Å². The number of hydrogen-bond donors (Lipinski definition) is 1. The van der Waals surface area contributed by atoms with Crippen LogP contribution in [0.3, 0.4) is 0 Å². The predicted octanol–water partition coefficient (Wildman–Crippen LogP) is 0.936. The van der Waals surface area contributed by atoms with Gasteiger partial charge in [0.25, 0.3) is 0 Å². The van der Waals surface area contributed by atoms with Gasteiger partial charge in [-0.1, -0.05) is 0 Å². The minimum absolute atomic E-state index is 0.00102. The summed E-state index contributed by atoms with van der Waals surface area (Å²) in [5, 5.41) is 9.15. The molecule has 0 saturated heterocycles. The van der Waals surface area contributed by atoms with Gasteiger partial charge in [-0.2, -0.15) is 0 Å². The maximum Gasteiger partial charge on any atom is 0.352 e. The van der Waals surface area contributed by atoms with Gasteiger partial charge in [-0.25, -0.2) is 9.59 Å². The van der Waals surface area contributed by atoms with E-state index < -0.39 is 24.0 Å². The second-order valence-electron chi connectivity index (χ2n) is 4.07. The zero-order valence-electron chi connectivity index (χ0n) is 11.2. The summed E-state index contributed by atoms with van der Waals surface area (Å²) in [6.07, 6.45) is -0.688. The molecule has 0 fully saturated rings. The Morgan fingerprint density at radius 3 is 2.24 bits per heavy atom. The second-order valence-corrected chi connectivity index (χ2v) is 5.09. The molecule has 2 heterocycles. The Morgan fingerprint density at radius 1 is 1.19 bits per heavy atom. The molecule has 1 aliphatic heterocycles. The van der Waals surface area contributed by atoms with Crippen molar-refractivity contribution in [1.29, 1.82) is 0 Å². The number of carbonyl (C=O) groups excluding carboxylic acids is 2. The summed E-state index contributed by atoms with van der Waals surface area (Å²) >= 11 is 0.709. The molecule has 0 saturated carbocycles. The van der Waals surface area contributed by atoms with Crippen molar-refractivity contribution in [3.63, 3.8) is 0 Å². The highest BCUT2D eigenvalue weighted by molar-refractivity contribution is 7.16. The first-order chi connectivity index (χ1) is 9.93. The SMILES string of the molecule is COC(=O)c1sc(C(=O)O)c2c1OCC(OC(C)=O)CO2. The molecule has 8 nitrogen and oxygen atoms in total. The van der Waals surface area contributed by atoms with Gasteiger partial charge in [0.1, 0.15) is 13.2 Å². The molecule has 2 rings (SSSR count). The molecule has 1 N–H and O–H groups in total. The van der Waals surface area contributed by atoms with Crippen molar-refractivity contribution in [3.8, 4) is 11.5 Å². The van der Waals surface area contributed by atoms with E-state index in [0.29, 0.717) is 11.3 Å². The number of esters is 2. The van der Waals surface area contributed by atoms with Crippen LogP contribution in [0.15, 0.2) is 0 Å². The molecule has 114 valence electrons. The number of carbonyl (C=O) groups is 3. The molecule has 0 amide bonds. The van der Waals surface area contributed by atoms with Gasteiger partial charge >= 0.3 is 17.9 Å². The van der Waals surface area contributed by atoms with Crippen LogP contribution in [0.25, 0.3) is 0 Å². The summed E-state index contributed by atoms with van der Waals surface area (Å²) in [5.41, 5.74) is 0. The van der Waals surface area contributed by atoms with Crippen molar-refractivity contribution in [2.75, 3.05) is 20.3 Å². The van der Waals surface area contributed by atoms with E-state index in [1.165, 1.54) is 14.0 Å². The number of methoxy groups -OCH3 is 1. The predicted molar refractivity (Wildman–Crippen MR) is 69.2 cm³/mol. The van der Waals surface area contributed by atoms with Crippen LogP contribution < -0.4 is 9.47 Å². The second kappa shape index (κ2) is 6.00. The van der Waals surface area contributed by atoms with Gasteiger partial charge in [0.15, 0.2) is 27.4 Å². The molecular formula is C12H12O8S. The van der Waals surface area contributed by atoms with Crippen molar-refractivity contribution in [2.24, 2.45) is 0 Å². The minimum atomic E-state index is -1.25. The molecule has 1 aromatic heterocycles. The molecule has 1 atom stereocenters. The Hall–Kier alpha value is -2.29. The summed E-state index contributed by atoms with van der Waals surface area (Å²) in [7, 11) is 1.17. The Balaban J connectivity index is 2.35. The van der Waals surface area contributed by atoms with E-state index in [1.54, 1.807) is 0 Å². The van der Waals surface area contributed by atoms with Gasteiger partial charge in [0.05, 0.1) is 7.11 Å². The number of carboxylic acid groups (broad SMARTS) is 1. The first kappa shape index (κ1) is 15.1. The third-order valence-corrected chi connectivity index (χ3v) is 3.67. The lowest BCUT2D eigenvalue weighted by molar-refractivity contribution is -0.148. The van der Waals surface area contributed by atoms with Crippen molar-refractivity contribution in [1.82, 2.24) is 0 Å². The highest BCUT2D eigenvalue weighted by Gasteiger charge is 2.33. The van der Waals surface area contributed by atoms with Crippen LogP contribution in [0, 0.1) is 0 Å². The van der Waals surface area contributed by atoms with Crippen LogP contribution in [0.5, 0.6) is 11.5 Å². The van der Waals surface area contributed by atoms with Crippen LogP contribution in [-0.2, 0) is 14.3 Å². The Bertz CT molecular complexity index is 590. The van der Waals surface area contributed by atoms with Crippen LogP contribution in [0.1, 0.15) is 26.3 Å². The molecule has 0 aromatic carbocycles. The number of carboxylic acids is 1. The average Bonchev–Trinajstić information content (AvgIpc) is 2.68. The first-order valence-corrected chi connectivity index (χ1v) is 6.67. The third-order valence-electron chi connectivity index (χ3n) is 2.55. The van der Waals surface area contributed by atoms with E-state index in [1.807, 2.05) is 0 Å². The van der Waals surface area contributed by atoms with E-state index in [9.17, 15) is 14.4 Å². The zero-order valence-corrected chi connectivity index (χ0v) is 12.0. The standard InChI is InChI=1S/C12H12O8S/c1-5(13)20-6-3-18-7-8(19-4-6)10(12(16)17-2)21-9(7)11(14)15/h6H,3-4H2,1-2H3,(H,14,15). The monoisotopic (exact) mass is 316 g/mol. The molecule has 1 aliphatic rings. The maximum absolute atomic E-state index is 11.7. The molecule has 0 radical (unpaired) electrons. The average molecular weight is 316 g/mol. The van der Waals surface area contributed by atoms with Crippen molar-refractivity contribution >= 4 is 29.2 Å². The molecule has 1 aromatic rings. The van der Waals surface area contributed by atoms with Crippen molar-refractivity contribution in [2.45, 2.75) is 13.0 Å². The fourth-order valence-electron chi connectivity index (χ4n) is 1.73. The van der Waals surface area contributed by atoms with Gasteiger partial charge in [-0.05, 0) is 0 Å². The number of hydrogen-bond acceptors (Lipinski definition) is 8. The third kappa shape index (κ3) is 3.07. The topological polar surface area (TPSA) is 108 Å². The van der Waals surface area contributed by atoms with E-state index >= 15 is 0 Å². The molecule has 9 heteroatoms. The summed E-state index contributed by atoms with van der Waals surface area (Å²) in [6, 6.07) is 0. The summed E-state index contributed by atoms with van der Waals surface area (Å²) in [5.74, 6) is -2.54. The van der Waals surface area contributed by atoms with Crippen LogP contribution in [-0.4, -0.2) is 49.4 Å². The van der Waals surface area contributed by atoms with E-state index in [0.717, 1.165) is 0 Å². The molecule has 21 heavy (non-hydrogen) atoms. The van der Waals surface area contributed by atoms with Gasteiger partial charge in [-0.15, -0.1) is 11.3 Å². The Morgan fingerprint density at radius 2 is 1.76 bits per heavy atom. The molecule has 1 unspecified atom stereocenters. The van der Waals surface area contributed by atoms with Gasteiger partial charge in [-0.3, -0.25) is 4.79 Å². The summed E-state index contributed by atoms with van der Waals surface area (Å²) in [4.78, 5) is 33.6. The van der Waals surface area contributed by atoms with E-state index in [2.05, 4.69) is 4.74 Å². The van der Waals surface area contributed by atoms with Crippen LogP contribution in [0.4, 0.5) is 0 Å². The number of fused-ring (bicyclic) bond motifs is 1. The molecular weight excluding hydrogens is 304 g/mol. The highest BCUT2D eigenvalue weighted by atomic mass is 32.1. The number of thiophene rings is 1. The first-order valence-electron chi connectivity index (χ1n) is 5.85. The smallest absolute Gasteiger partial charge is 0.352 e. The van der Waals surface area contributed by atoms with Crippen LogP contribution in [0.2, 0.25) is 0 Å². The highest BCUT2D eigenvalue weighted by Crippen LogP contribution is 2.44. The Labute approximate surface area is 123 Å². The number of aromatic carboxylic acids is 1. The molecule has 0 aliphatic carbocycles. The van der Waals surface area contributed by atoms with E-state index in [-0.39, 0.29) is 34.5 Å². The fraction of sp³-hybridized carbons (Fsp3) is 0.417. The van der Waals surface area contributed by atoms with Crippen LogP contribution >= 0.6 is 11.3 Å². The normalized spacial score (nSPS) is 16.8. The lowest BCUT2D eigenvalue weighted by atomic mass is 10.3. The fourth-order valence-corrected chi connectivity index (χ4v) is 2.68. The largest absolute Gasteiger partial charge is 0.484 e. The van der Waals surface area contributed by atoms with Gasteiger partial charge in [0, 0.05) is 6.92 Å². The van der Waals surface area contributed by atoms with Crippen molar-refractivity contribution in [3.05, 3.63) is 9.75 Å². The quantitative estimate of drug-likeness (QED) is 0.821. The summed E-state index contributed by atoms with van der Waals surface area (Å²) < 4.78 is 20.3. The Kier molecular flexibility index (Phi) is 4.32. The number of ether oxygens (including phenoxy) is 4. The summed E-state index contributed by atoms with van der Waals surface area (Å²) in [6.45, 7) is 1.12. The minimum Gasteiger partial charge on any atom is -0.484 e. The lowest BCUT2D eigenvalue weighted by Crippen LogP contribution is -2.28. The van der Waals surface area contributed by atoms with E-state index in [4.69, 9.17) is 19.3 Å². The molecule has 0 bridgehead atoms. The van der Waals surface area contributed by atoms with Gasteiger partial charge < -0.3 is 24.1 Å². The zero-order chi connectivity index (χ0) is 15.6. The maximum atomic E-state index is 11.7.